The zero-order valence-electron chi connectivity index (χ0n) is 8.06. The molecule has 66 valence electrons. The molecule has 0 aromatic rings. The minimum absolute atomic E-state index is 0.322. The summed E-state index contributed by atoms with van der Waals surface area (Å²) in [7, 11) is 0. The lowest BCUT2D eigenvalue weighted by Crippen LogP contribution is -2.22. The average Bonchev–Trinajstić information content (AvgIpc) is 1.85. The van der Waals surface area contributed by atoms with Gasteiger partial charge in [-0.1, -0.05) is 32.9 Å². The maximum absolute atomic E-state index is 5.89. The van der Waals surface area contributed by atoms with Crippen molar-refractivity contribution in [3.8, 4) is 0 Å². The molecule has 1 unspecified atom stereocenters. The van der Waals surface area contributed by atoms with Crippen molar-refractivity contribution in [2.24, 2.45) is 11.7 Å². The second kappa shape index (κ2) is 5.36. The van der Waals surface area contributed by atoms with Gasteiger partial charge in [0.05, 0.1) is 0 Å². The molecule has 0 fully saturated rings. The van der Waals surface area contributed by atoms with E-state index in [-0.39, 0.29) is 0 Å². The lowest BCUT2D eigenvalue weighted by molar-refractivity contribution is 0.490. The fourth-order valence-electron chi connectivity index (χ4n) is 1.20. The molecule has 0 aliphatic heterocycles. The maximum Gasteiger partial charge on any atom is 0.00784 e. The highest BCUT2D eigenvalue weighted by molar-refractivity contribution is 4.95. The minimum atomic E-state index is 0.322. The van der Waals surface area contributed by atoms with Crippen LogP contribution < -0.4 is 5.73 Å². The molecule has 0 radical (unpaired) electrons. The van der Waals surface area contributed by atoms with Crippen LogP contribution in [0.1, 0.15) is 40.0 Å². The zero-order chi connectivity index (χ0) is 8.85. The van der Waals surface area contributed by atoms with E-state index in [0.29, 0.717) is 12.0 Å². The first-order chi connectivity index (χ1) is 5.06. The van der Waals surface area contributed by atoms with Gasteiger partial charge in [-0.05, 0) is 25.2 Å². The number of hydrogen-bond donors (Lipinski definition) is 1. The largest absolute Gasteiger partial charge is 0.327 e. The molecule has 0 spiro atoms. The summed E-state index contributed by atoms with van der Waals surface area (Å²) in [5.74, 6) is 0.703. The second-order valence-corrected chi connectivity index (χ2v) is 3.70. The van der Waals surface area contributed by atoms with Crippen LogP contribution in [0.15, 0.2) is 12.2 Å². The molecule has 0 aromatic heterocycles. The molecule has 1 atom stereocenters. The van der Waals surface area contributed by atoms with Crippen molar-refractivity contribution in [3.63, 3.8) is 0 Å². The lowest BCUT2D eigenvalue weighted by atomic mass is 9.98. The molecular formula is C10H21N. The summed E-state index contributed by atoms with van der Waals surface area (Å²) in [6.07, 6.45) is 3.17. The van der Waals surface area contributed by atoms with Gasteiger partial charge in [0.25, 0.3) is 0 Å². The highest BCUT2D eigenvalue weighted by Gasteiger charge is 2.05. The Hall–Kier alpha value is -0.300. The lowest BCUT2D eigenvalue weighted by Gasteiger charge is -2.14. The summed E-state index contributed by atoms with van der Waals surface area (Å²) in [5, 5.41) is 0. The molecule has 0 heterocycles. The summed E-state index contributed by atoms with van der Waals surface area (Å²) in [6, 6.07) is 0.322. The molecule has 2 N–H and O–H groups in total. The Kier molecular flexibility index (Phi) is 5.22. The third kappa shape index (κ3) is 6.11. The molecular weight excluding hydrogens is 134 g/mol. The van der Waals surface area contributed by atoms with Gasteiger partial charge in [-0.2, -0.15) is 0 Å². The van der Waals surface area contributed by atoms with Crippen molar-refractivity contribution in [2.45, 2.75) is 46.1 Å². The molecule has 1 nitrogen and oxygen atoms in total. The Morgan fingerprint density at radius 3 is 2.36 bits per heavy atom. The van der Waals surface area contributed by atoms with Crippen molar-refractivity contribution in [1.82, 2.24) is 0 Å². The van der Waals surface area contributed by atoms with Crippen molar-refractivity contribution in [2.75, 3.05) is 0 Å². The number of nitrogens with two attached hydrogens (primary N) is 1. The number of rotatable bonds is 5. The maximum atomic E-state index is 5.89. The van der Waals surface area contributed by atoms with Crippen LogP contribution in [0.4, 0.5) is 0 Å². The Morgan fingerprint density at radius 2 is 2.00 bits per heavy atom. The molecule has 0 aromatic carbocycles. The molecule has 0 aliphatic rings. The summed E-state index contributed by atoms with van der Waals surface area (Å²) in [6.45, 7) is 10.5. The third-order valence-corrected chi connectivity index (χ3v) is 1.83. The summed E-state index contributed by atoms with van der Waals surface area (Å²) < 4.78 is 0. The fraction of sp³-hybridized carbons (Fsp3) is 0.800. The van der Waals surface area contributed by atoms with Gasteiger partial charge in [0.15, 0.2) is 0 Å². The van der Waals surface area contributed by atoms with Crippen LogP contribution in [-0.2, 0) is 0 Å². The van der Waals surface area contributed by atoms with E-state index in [4.69, 9.17) is 5.73 Å². The highest BCUT2D eigenvalue weighted by atomic mass is 14.6. The summed E-state index contributed by atoms with van der Waals surface area (Å²) >= 11 is 0. The quantitative estimate of drug-likeness (QED) is 0.607. The van der Waals surface area contributed by atoms with E-state index in [9.17, 15) is 0 Å². The smallest absolute Gasteiger partial charge is 0.00784 e. The SMILES string of the molecule is C=C(CC)CC(N)CC(C)C. The van der Waals surface area contributed by atoms with Gasteiger partial charge in [0.1, 0.15) is 0 Å². The van der Waals surface area contributed by atoms with Crippen LogP contribution in [0.25, 0.3) is 0 Å². The van der Waals surface area contributed by atoms with Crippen molar-refractivity contribution in [3.05, 3.63) is 12.2 Å². The molecule has 1 heteroatoms. The van der Waals surface area contributed by atoms with E-state index in [1.807, 2.05) is 0 Å². The molecule has 0 amide bonds. The van der Waals surface area contributed by atoms with E-state index in [2.05, 4.69) is 27.4 Å². The van der Waals surface area contributed by atoms with Crippen LogP contribution in [-0.4, -0.2) is 6.04 Å². The summed E-state index contributed by atoms with van der Waals surface area (Å²) in [5.41, 5.74) is 7.17. The first kappa shape index (κ1) is 10.7. The van der Waals surface area contributed by atoms with E-state index in [1.54, 1.807) is 0 Å². The van der Waals surface area contributed by atoms with Crippen LogP contribution >= 0.6 is 0 Å². The Balaban J connectivity index is 3.51. The molecule has 0 aliphatic carbocycles. The van der Waals surface area contributed by atoms with Crippen molar-refractivity contribution < 1.29 is 0 Å². The van der Waals surface area contributed by atoms with Gasteiger partial charge in [-0.25, -0.2) is 0 Å². The number of hydrogen-bond acceptors (Lipinski definition) is 1. The average molecular weight is 155 g/mol. The van der Waals surface area contributed by atoms with Gasteiger partial charge in [-0.15, -0.1) is 0 Å². The van der Waals surface area contributed by atoms with Gasteiger partial charge < -0.3 is 5.73 Å². The van der Waals surface area contributed by atoms with Crippen LogP contribution in [0.3, 0.4) is 0 Å². The van der Waals surface area contributed by atoms with Gasteiger partial charge >= 0.3 is 0 Å². The van der Waals surface area contributed by atoms with Crippen molar-refractivity contribution in [1.29, 1.82) is 0 Å². The van der Waals surface area contributed by atoms with Crippen molar-refractivity contribution >= 4 is 0 Å². The normalized spacial score (nSPS) is 13.5. The zero-order valence-corrected chi connectivity index (χ0v) is 8.06. The van der Waals surface area contributed by atoms with Crippen LogP contribution in [0.5, 0.6) is 0 Å². The van der Waals surface area contributed by atoms with E-state index >= 15 is 0 Å². The molecule has 0 saturated heterocycles. The van der Waals surface area contributed by atoms with E-state index in [1.165, 1.54) is 5.57 Å². The molecule has 0 rings (SSSR count). The molecule has 11 heavy (non-hydrogen) atoms. The van der Waals surface area contributed by atoms with Gasteiger partial charge in [-0.3, -0.25) is 0 Å². The summed E-state index contributed by atoms with van der Waals surface area (Å²) in [4.78, 5) is 0. The highest BCUT2D eigenvalue weighted by Crippen LogP contribution is 2.11. The standard InChI is InChI=1S/C10H21N/c1-5-9(4)7-10(11)6-8(2)3/h8,10H,4-7,11H2,1-3H3. The van der Waals surface area contributed by atoms with Crippen LogP contribution in [0, 0.1) is 5.92 Å². The first-order valence-electron chi connectivity index (χ1n) is 4.48. The van der Waals surface area contributed by atoms with Crippen LogP contribution in [0.2, 0.25) is 0 Å². The molecule has 0 bridgehead atoms. The predicted molar refractivity (Wildman–Crippen MR) is 51.5 cm³/mol. The predicted octanol–water partition coefficient (Wildman–Crippen LogP) is 2.72. The van der Waals surface area contributed by atoms with E-state index in [0.717, 1.165) is 19.3 Å². The second-order valence-electron chi connectivity index (χ2n) is 3.70. The van der Waals surface area contributed by atoms with E-state index < -0.39 is 0 Å². The first-order valence-corrected chi connectivity index (χ1v) is 4.48. The topological polar surface area (TPSA) is 26.0 Å². The monoisotopic (exact) mass is 155 g/mol. The third-order valence-electron chi connectivity index (χ3n) is 1.83. The Labute approximate surface area is 70.7 Å². The molecule has 0 saturated carbocycles. The van der Waals surface area contributed by atoms with Gasteiger partial charge in [0.2, 0.25) is 0 Å². The Bertz CT molecular complexity index is 116. The fourth-order valence-corrected chi connectivity index (χ4v) is 1.20. The van der Waals surface area contributed by atoms with Gasteiger partial charge in [0, 0.05) is 6.04 Å². The minimum Gasteiger partial charge on any atom is -0.327 e. The Morgan fingerprint density at radius 1 is 1.45 bits per heavy atom.